The van der Waals surface area contributed by atoms with Crippen molar-refractivity contribution >= 4 is 0 Å². The molecule has 0 heterocycles. The van der Waals surface area contributed by atoms with Crippen LogP contribution in [0.2, 0.25) is 0 Å². The summed E-state index contributed by atoms with van der Waals surface area (Å²) in [6.07, 6.45) is 8.63. The van der Waals surface area contributed by atoms with E-state index in [2.05, 4.69) is 27.7 Å². The fourth-order valence-electron chi connectivity index (χ4n) is 1.68. The largest absolute Gasteiger partial charge is 0.0683 e. The molecular weight excluding hydrogens is 168 g/mol. The average Bonchev–Trinajstić information content (AvgIpc) is 2.37. The highest BCUT2D eigenvalue weighted by atomic mass is 14.2. The standard InChI is InChI=1S/C9H18.C3H8.C2H6/c1-8-6-4-3-5-7-9(8)2;1-3-2;1-2/h8-9H,3-7H2,1-2H3;3H2,1-2H3;1-2H3. The van der Waals surface area contributed by atoms with Gasteiger partial charge < -0.3 is 0 Å². The molecule has 0 radical (unpaired) electrons. The minimum absolute atomic E-state index is 0.993. The van der Waals surface area contributed by atoms with Gasteiger partial charge in [0, 0.05) is 0 Å². The predicted octanol–water partition coefficient (Wildman–Crippen LogP) is 5.67. The molecule has 0 nitrogen and oxygen atoms in total. The first-order valence-corrected chi connectivity index (χ1v) is 6.72. The van der Waals surface area contributed by atoms with Gasteiger partial charge in [-0.3, -0.25) is 0 Å². The van der Waals surface area contributed by atoms with Crippen molar-refractivity contribution in [2.45, 2.75) is 80.1 Å². The summed E-state index contributed by atoms with van der Waals surface area (Å²) in [5.41, 5.74) is 0. The molecular formula is C14H32. The Morgan fingerprint density at radius 2 is 1.07 bits per heavy atom. The van der Waals surface area contributed by atoms with Gasteiger partial charge in [0.25, 0.3) is 0 Å². The van der Waals surface area contributed by atoms with Gasteiger partial charge in [0.15, 0.2) is 0 Å². The molecule has 2 atom stereocenters. The Labute approximate surface area is 92.5 Å². The van der Waals surface area contributed by atoms with E-state index in [0.29, 0.717) is 0 Å². The molecule has 0 aromatic heterocycles. The molecule has 0 heteroatoms. The van der Waals surface area contributed by atoms with E-state index in [4.69, 9.17) is 0 Å². The van der Waals surface area contributed by atoms with Crippen LogP contribution in [0.4, 0.5) is 0 Å². The van der Waals surface area contributed by atoms with Crippen LogP contribution >= 0.6 is 0 Å². The maximum Gasteiger partial charge on any atom is -0.0417 e. The number of hydrogen-bond acceptors (Lipinski definition) is 0. The lowest BCUT2D eigenvalue weighted by atomic mass is 9.92. The molecule has 0 bridgehead atoms. The van der Waals surface area contributed by atoms with E-state index in [0.717, 1.165) is 11.8 Å². The van der Waals surface area contributed by atoms with Crippen molar-refractivity contribution in [2.24, 2.45) is 11.8 Å². The Morgan fingerprint density at radius 3 is 1.36 bits per heavy atom. The van der Waals surface area contributed by atoms with Crippen molar-refractivity contribution in [3.05, 3.63) is 0 Å². The summed E-state index contributed by atoms with van der Waals surface area (Å²) in [4.78, 5) is 0. The molecule has 0 spiro atoms. The normalized spacial score (nSPS) is 26.1. The van der Waals surface area contributed by atoms with Crippen LogP contribution in [0.1, 0.15) is 80.1 Å². The Morgan fingerprint density at radius 1 is 0.786 bits per heavy atom. The Hall–Kier alpha value is 0. The SMILES string of the molecule is CC.CC1CCCCCC1C.CCC. The van der Waals surface area contributed by atoms with Crippen LogP contribution in [-0.2, 0) is 0 Å². The zero-order valence-electron chi connectivity index (χ0n) is 11.4. The van der Waals surface area contributed by atoms with Crippen molar-refractivity contribution in [3.8, 4) is 0 Å². The van der Waals surface area contributed by atoms with E-state index in [1.54, 1.807) is 0 Å². The van der Waals surface area contributed by atoms with Crippen molar-refractivity contribution in [1.82, 2.24) is 0 Å². The fraction of sp³-hybridized carbons (Fsp3) is 1.00. The van der Waals surface area contributed by atoms with E-state index in [1.807, 2.05) is 13.8 Å². The molecule has 0 saturated heterocycles. The lowest BCUT2D eigenvalue weighted by Crippen LogP contribution is -2.04. The minimum atomic E-state index is 0.993. The van der Waals surface area contributed by atoms with Crippen molar-refractivity contribution in [1.29, 1.82) is 0 Å². The molecule has 0 amide bonds. The van der Waals surface area contributed by atoms with E-state index < -0.39 is 0 Å². The van der Waals surface area contributed by atoms with Gasteiger partial charge in [0.2, 0.25) is 0 Å². The van der Waals surface area contributed by atoms with Crippen LogP contribution in [0.25, 0.3) is 0 Å². The molecule has 1 fully saturated rings. The monoisotopic (exact) mass is 200 g/mol. The van der Waals surface area contributed by atoms with Crippen molar-refractivity contribution in [3.63, 3.8) is 0 Å². The van der Waals surface area contributed by atoms with E-state index in [-0.39, 0.29) is 0 Å². The van der Waals surface area contributed by atoms with Crippen molar-refractivity contribution in [2.75, 3.05) is 0 Å². The summed E-state index contributed by atoms with van der Waals surface area (Å²) in [7, 11) is 0. The van der Waals surface area contributed by atoms with E-state index in [9.17, 15) is 0 Å². The second-order valence-electron chi connectivity index (χ2n) is 4.30. The summed E-state index contributed by atoms with van der Waals surface area (Å²) in [6.45, 7) is 13.0. The van der Waals surface area contributed by atoms with E-state index >= 15 is 0 Å². The quantitative estimate of drug-likeness (QED) is 0.442. The van der Waals surface area contributed by atoms with Crippen LogP contribution in [0.5, 0.6) is 0 Å². The summed E-state index contributed by atoms with van der Waals surface area (Å²) in [6, 6.07) is 0. The molecule has 14 heavy (non-hydrogen) atoms. The highest BCUT2D eigenvalue weighted by molar-refractivity contribution is 4.66. The first-order valence-electron chi connectivity index (χ1n) is 6.72. The zero-order valence-corrected chi connectivity index (χ0v) is 11.4. The number of rotatable bonds is 0. The molecule has 0 aliphatic heterocycles. The lowest BCUT2D eigenvalue weighted by Gasteiger charge is -2.14. The Kier molecular flexibility index (Phi) is 15.3. The highest BCUT2D eigenvalue weighted by Gasteiger charge is 2.14. The molecule has 2 unspecified atom stereocenters. The first-order chi connectivity index (χ1) is 6.72. The Balaban J connectivity index is 0. The molecule has 0 aromatic rings. The van der Waals surface area contributed by atoms with Gasteiger partial charge in [0.1, 0.15) is 0 Å². The van der Waals surface area contributed by atoms with E-state index in [1.165, 1.54) is 38.5 Å². The van der Waals surface area contributed by atoms with Crippen LogP contribution < -0.4 is 0 Å². The third-order valence-electron chi connectivity index (χ3n) is 2.79. The highest BCUT2D eigenvalue weighted by Crippen LogP contribution is 2.27. The maximum absolute atomic E-state index is 2.40. The summed E-state index contributed by atoms with van der Waals surface area (Å²) >= 11 is 0. The summed E-state index contributed by atoms with van der Waals surface area (Å²) < 4.78 is 0. The number of hydrogen-bond donors (Lipinski definition) is 0. The molecule has 1 saturated carbocycles. The smallest absolute Gasteiger partial charge is 0.0417 e. The van der Waals surface area contributed by atoms with Gasteiger partial charge in [-0.25, -0.2) is 0 Å². The predicted molar refractivity (Wildman–Crippen MR) is 68.7 cm³/mol. The van der Waals surface area contributed by atoms with Crippen LogP contribution in [0.15, 0.2) is 0 Å². The molecule has 1 aliphatic rings. The molecule has 1 rings (SSSR count). The summed E-state index contributed by atoms with van der Waals surface area (Å²) in [5.74, 6) is 1.99. The van der Waals surface area contributed by atoms with Gasteiger partial charge in [-0.05, 0) is 11.8 Å². The average molecular weight is 200 g/mol. The maximum atomic E-state index is 2.40. The van der Waals surface area contributed by atoms with Gasteiger partial charge in [0.05, 0.1) is 0 Å². The van der Waals surface area contributed by atoms with Gasteiger partial charge >= 0.3 is 0 Å². The lowest BCUT2D eigenvalue weighted by molar-refractivity contribution is 0.367. The third-order valence-corrected chi connectivity index (χ3v) is 2.79. The van der Waals surface area contributed by atoms with Crippen molar-refractivity contribution < 1.29 is 0 Å². The Bertz CT molecular complexity index is 76.0. The topological polar surface area (TPSA) is 0 Å². The molecule has 0 N–H and O–H groups in total. The fourth-order valence-corrected chi connectivity index (χ4v) is 1.68. The zero-order chi connectivity index (χ0) is 11.4. The first kappa shape index (κ1) is 16.4. The molecule has 88 valence electrons. The van der Waals surface area contributed by atoms with Crippen LogP contribution in [0.3, 0.4) is 0 Å². The van der Waals surface area contributed by atoms with Gasteiger partial charge in [-0.15, -0.1) is 0 Å². The van der Waals surface area contributed by atoms with Gasteiger partial charge in [-0.1, -0.05) is 80.1 Å². The van der Waals surface area contributed by atoms with Crippen LogP contribution in [-0.4, -0.2) is 0 Å². The summed E-state index contributed by atoms with van der Waals surface area (Å²) in [5, 5.41) is 0. The second-order valence-corrected chi connectivity index (χ2v) is 4.30. The second kappa shape index (κ2) is 13.0. The molecule has 1 aliphatic carbocycles. The minimum Gasteiger partial charge on any atom is -0.0683 e. The molecule has 0 aromatic carbocycles. The van der Waals surface area contributed by atoms with Crippen LogP contribution in [0, 0.1) is 11.8 Å². The van der Waals surface area contributed by atoms with Gasteiger partial charge in [-0.2, -0.15) is 0 Å². The third kappa shape index (κ3) is 10.1.